The average Bonchev–Trinajstić information content (AvgIpc) is 2.48. The lowest BCUT2D eigenvalue weighted by Crippen LogP contribution is -2.09. The van der Waals surface area contributed by atoms with Gasteiger partial charge in [0.15, 0.2) is 0 Å². The number of aryl methyl sites for hydroxylation is 1. The third-order valence-electron chi connectivity index (χ3n) is 1.67. The van der Waals surface area contributed by atoms with Gasteiger partial charge in [0.1, 0.15) is 0 Å². The van der Waals surface area contributed by atoms with E-state index in [-0.39, 0.29) is 0 Å². The van der Waals surface area contributed by atoms with Crippen LogP contribution in [0.4, 0.5) is 0 Å². The lowest BCUT2D eigenvalue weighted by molar-refractivity contribution is 0.406. The fraction of sp³-hybridized carbons (Fsp3) is 0.667. The summed E-state index contributed by atoms with van der Waals surface area (Å²) in [4.78, 5) is 7.83. The molecule has 13 heavy (non-hydrogen) atoms. The molecule has 0 saturated heterocycles. The van der Waals surface area contributed by atoms with Crippen molar-refractivity contribution in [2.24, 2.45) is 5.73 Å². The van der Waals surface area contributed by atoms with E-state index < -0.39 is 0 Å². The van der Waals surface area contributed by atoms with Crippen molar-refractivity contribution in [3.05, 3.63) is 16.1 Å². The highest BCUT2D eigenvalue weighted by Crippen LogP contribution is 2.15. The second kappa shape index (κ2) is 5.32. The van der Waals surface area contributed by atoms with Crippen LogP contribution in [0.3, 0.4) is 0 Å². The van der Waals surface area contributed by atoms with Crippen LogP contribution in [0.15, 0.2) is 6.20 Å². The molecular weight excluding hydrogens is 182 g/mol. The normalized spacial score (nSPS) is 11.1. The van der Waals surface area contributed by atoms with Crippen molar-refractivity contribution >= 4 is 11.3 Å². The maximum absolute atomic E-state index is 5.43. The van der Waals surface area contributed by atoms with Gasteiger partial charge in [0.05, 0.1) is 5.01 Å². The molecule has 0 aliphatic rings. The van der Waals surface area contributed by atoms with E-state index in [2.05, 4.69) is 24.0 Å². The summed E-state index contributed by atoms with van der Waals surface area (Å²) in [5.41, 5.74) is 5.43. The van der Waals surface area contributed by atoms with Crippen molar-refractivity contribution in [3.63, 3.8) is 0 Å². The highest BCUT2D eigenvalue weighted by molar-refractivity contribution is 7.11. The summed E-state index contributed by atoms with van der Waals surface area (Å²) >= 11 is 1.79. The highest BCUT2D eigenvalue weighted by Gasteiger charge is 2.01. The van der Waals surface area contributed by atoms with Crippen LogP contribution in [0.1, 0.15) is 16.3 Å². The molecule has 1 heterocycles. The van der Waals surface area contributed by atoms with Gasteiger partial charge >= 0.3 is 0 Å². The minimum Gasteiger partial charge on any atom is -0.330 e. The monoisotopic (exact) mass is 199 g/mol. The molecule has 0 radical (unpaired) electrons. The SMILES string of the molecule is CN(C)Cc1cnc(CCCN)s1. The molecule has 1 aromatic rings. The molecule has 0 atom stereocenters. The van der Waals surface area contributed by atoms with Crippen molar-refractivity contribution in [3.8, 4) is 0 Å². The van der Waals surface area contributed by atoms with Crippen molar-refractivity contribution in [1.82, 2.24) is 9.88 Å². The lowest BCUT2D eigenvalue weighted by atomic mass is 10.3. The molecule has 0 aliphatic carbocycles. The average molecular weight is 199 g/mol. The first-order valence-corrected chi connectivity index (χ1v) is 5.32. The van der Waals surface area contributed by atoms with Crippen LogP contribution in [0, 0.1) is 0 Å². The Bertz CT molecular complexity index is 245. The molecule has 0 aliphatic heterocycles. The molecule has 2 N–H and O–H groups in total. The summed E-state index contributed by atoms with van der Waals surface area (Å²) in [5.74, 6) is 0. The molecule has 0 unspecified atom stereocenters. The van der Waals surface area contributed by atoms with Gasteiger partial charge in [-0.05, 0) is 27.1 Å². The standard InChI is InChI=1S/C9H17N3S/c1-12(2)7-8-6-11-9(13-8)4-3-5-10/h6H,3-5,7,10H2,1-2H3. The summed E-state index contributed by atoms with van der Waals surface area (Å²) in [6.07, 6.45) is 4.03. The zero-order valence-corrected chi connectivity index (χ0v) is 9.10. The summed E-state index contributed by atoms with van der Waals surface area (Å²) < 4.78 is 0. The van der Waals surface area contributed by atoms with Crippen molar-refractivity contribution < 1.29 is 0 Å². The second-order valence-electron chi connectivity index (χ2n) is 3.35. The van der Waals surface area contributed by atoms with Crippen molar-refractivity contribution in [2.75, 3.05) is 20.6 Å². The predicted molar refractivity (Wildman–Crippen MR) is 56.9 cm³/mol. The van der Waals surface area contributed by atoms with Crippen LogP contribution in [-0.4, -0.2) is 30.5 Å². The number of aromatic nitrogens is 1. The number of nitrogens with zero attached hydrogens (tertiary/aromatic N) is 2. The van der Waals surface area contributed by atoms with Crippen LogP contribution in [0.2, 0.25) is 0 Å². The lowest BCUT2D eigenvalue weighted by Gasteiger charge is -2.05. The van der Waals surface area contributed by atoms with Gasteiger partial charge in [-0.15, -0.1) is 11.3 Å². The molecule has 3 nitrogen and oxygen atoms in total. The summed E-state index contributed by atoms with van der Waals surface area (Å²) in [6, 6.07) is 0. The number of rotatable bonds is 5. The molecule has 0 bridgehead atoms. The molecular formula is C9H17N3S. The Kier molecular flexibility index (Phi) is 4.35. The zero-order chi connectivity index (χ0) is 9.68. The number of nitrogens with two attached hydrogens (primary N) is 1. The van der Waals surface area contributed by atoms with Crippen molar-refractivity contribution in [2.45, 2.75) is 19.4 Å². The quantitative estimate of drug-likeness (QED) is 0.772. The Labute approximate surface area is 83.6 Å². The van der Waals surface area contributed by atoms with Gasteiger partial charge in [0.25, 0.3) is 0 Å². The smallest absolute Gasteiger partial charge is 0.0928 e. The van der Waals surface area contributed by atoms with Gasteiger partial charge in [-0.25, -0.2) is 4.98 Å². The van der Waals surface area contributed by atoms with E-state index in [9.17, 15) is 0 Å². The van der Waals surface area contributed by atoms with Crippen LogP contribution in [-0.2, 0) is 13.0 Å². The van der Waals surface area contributed by atoms with Crippen LogP contribution < -0.4 is 5.73 Å². The summed E-state index contributed by atoms with van der Waals surface area (Å²) in [6.45, 7) is 1.74. The third kappa shape index (κ3) is 3.85. The van der Waals surface area contributed by atoms with Crippen molar-refractivity contribution in [1.29, 1.82) is 0 Å². The molecule has 4 heteroatoms. The summed E-state index contributed by atoms with van der Waals surface area (Å²) in [7, 11) is 4.14. The molecule has 74 valence electrons. The number of hydrogen-bond acceptors (Lipinski definition) is 4. The Balaban J connectivity index is 2.44. The van der Waals surface area contributed by atoms with Gasteiger partial charge in [0.2, 0.25) is 0 Å². The Morgan fingerprint density at radius 2 is 2.31 bits per heavy atom. The van der Waals surface area contributed by atoms with E-state index in [0.29, 0.717) is 0 Å². The summed E-state index contributed by atoms with van der Waals surface area (Å²) in [5, 5.41) is 1.21. The van der Waals surface area contributed by atoms with E-state index in [4.69, 9.17) is 5.73 Å². The largest absolute Gasteiger partial charge is 0.330 e. The Morgan fingerprint density at radius 1 is 1.54 bits per heavy atom. The molecule has 0 saturated carbocycles. The van der Waals surface area contributed by atoms with Crippen LogP contribution in [0.25, 0.3) is 0 Å². The molecule has 1 aromatic heterocycles. The molecule has 0 aromatic carbocycles. The van der Waals surface area contributed by atoms with E-state index in [1.807, 2.05) is 6.20 Å². The van der Waals surface area contributed by atoms with Gasteiger partial charge in [0, 0.05) is 24.0 Å². The third-order valence-corrected chi connectivity index (χ3v) is 2.71. The minimum atomic E-state index is 0.753. The predicted octanol–water partition coefficient (Wildman–Crippen LogP) is 1.10. The van der Waals surface area contributed by atoms with E-state index in [1.165, 1.54) is 9.88 Å². The van der Waals surface area contributed by atoms with E-state index >= 15 is 0 Å². The fourth-order valence-electron chi connectivity index (χ4n) is 1.10. The highest BCUT2D eigenvalue weighted by atomic mass is 32.1. The number of hydrogen-bond donors (Lipinski definition) is 1. The maximum atomic E-state index is 5.43. The van der Waals surface area contributed by atoms with Crippen LogP contribution >= 0.6 is 11.3 Å². The first-order valence-electron chi connectivity index (χ1n) is 4.50. The van der Waals surface area contributed by atoms with E-state index in [0.717, 1.165) is 25.9 Å². The maximum Gasteiger partial charge on any atom is 0.0928 e. The van der Waals surface area contributed by atoms with Gasteiger partial charge < -0.3 is 10.6 Å². The first-order chi connectivity index (χ1) is 6.22. The van der Waals surface area contributed by atoms with Gasteiger partial charge in [-0.1, -0.05) is 0 Å². The number of thiazole rings is 1. The molecule has 0 fully saturated rings. The minimum absolute atomic E-state index is 0.753. The Hall–Kier alpha value is -0.450. The Morgan fingerprint density at radius 3 is 2.92 bits per heavy atom. The zero-order valence-electron chi connectivity index (χ0n) is 8.29. The fourth-order valence-corrected chi connectivity index (χ4v) is 2.18. The van der Waals surface area contributed by atoms with Crippen LogP contribution in [0.5, 0.6) is 0 Å². The first kappa shape index (κ1) is 10.6. The van der Waals surface area contributed by atoms with E-state index in [1.54, 1.807) is 11.3 Å². The second-order valence-corrected chi connectivity index (χ2v) is 4.55. The van der Waals surface area contributed by atoms with Gasteiger partial charge in [-0.3, -0.25) is 0 Å². The molecule has 0 amide bonds. The molecule has 0 spiro atoms. The topological polar surface area (TPSA) is 42.2 Å². The molecule has 1 rings (SSSR count). The van der Waals surface area contributed by atoms with Gasteiger partial charge in [-0.2, -0.15) is 0 Å².